The normalized spacial score (nSPS) is 12.2. The van der Waals surface area contributed by atoms with Crippen molar-refractivity contribution >= 4 is 21.8 Å². The number of aryl methyl sites for hydroxylation is 1. The van der Waals surface area contributed by atoms with E-state index in [0.717, 1.165) is 22.9 Å². The molecular weight excluding hydrogens is 294 g/mol. The zero-order valence-corrected chi connectivity index (χ0v) is 12.5. The van der Waals surface area contributed by atoms with Crippen LogP contribution in [-0.4, -0.2) is 24.2 Å². The average Bonchev–Trinajstić information content (AvgIpc) is 2.36. The summed E-state index contributed by atoms with van der Waals surface area (Å²) in [5.41, 5.74) is 1.68. The molecule has 2 N–H and O–H groups in total. The fraction of sp³-hybridized carbons (Fsp3) is 0.500. The summed E-state index contributed by atoms with van der Waals surface area (Å²) < 4.78 is 0.909. The zero-order valence-electron chi connectivity index (χ0n) is 10.9. The molecule has 0 aromatic heterocycles. The van der Waals surface area contributed by atoms with Gasteiger partial charge in [0.15, 0.2) is 0 Å². The van der Waals surface area contributed by atoms with Crippen molar-refractivity contribution in [1.29, 1.82) is 0 Å². The van der Waals surface area contributed by atoms with Gasteiger partial charge in [0.05, 0.1) is 0 Å². The Morgan fingerprint density at radius 2 is 2.22 bits per heavy atom. The summed E-state index contributed by atoms with van der Waals surface area (Å²) in [7, 11) is 0. The maximum atomic E-state index is 12.0. The lowest BCUT2D eigenvalue weighted by molar-refractivity contribution is 0.0951. The molecule has 1 atom stereocenters. The lowest BCUT2D eigenvalue weighted by Crippen LogP contribution is -2.25. The Bertz CT molecular complexity index is 407. The third kappa shape index (κ3) is 4.78. The second-order valence-electron chi connectivity index (χ2n) is 4.65. The summed E-state index contributed by atoms with van der Waals surface area (Å²) in [6, 6.07) is 5.68. The minimum absolute atomic E-state index is 0.0366. The highest BCUT2D eigenvalue weighted by Crippen LogP contribution is 2.15. The Balaban J connectivity index is 2.43. The van der Waals surface area contributed by atoms with Gasteiger partial charge in [-0.3, -0.25) is 4.79 Å². The highest BCUT2D eigenvalue weighted by molar-refractivity contribution is 9.10. The van der Waals surface area contributed by atoms with E-state index in [1.807, 2.05) is 32.0 Å². The second kappa shape index (κ2) is 7.54. The Morgan fingerprint density at radius 1 is 1.50 bits per heavy atom. The molecule has 0 aliphatic rings. The van der Waals surface area contributed by atoms with E-state index in [9.17, 15) is 4.79 Å². The molecule has 3 nitrogen and oxygen atoms in total. The fourth-order valence-corrected chi connectivity index (χ4v) is 2.04. The maximum absolute atomic E-state index is 12.0. The van der Waals surface area contributed by atoms with Crippen molar-refractivity contribution in [2.24, 2.45) is 5.92 Å². The largest absolute Gasteiger partial charge is 0.396 e. The summed E-state index contributed by atoms with van der Waals surface area (Å²) in [6.07, 6.45) is 1.81. The average molecular weight is 314 g/mol. The molecule has 0 aliphatic carbocycles. The molecule has 4 heteroatoms. The number of aliphatic hydroxyl groups excluding tert-OH is 1. The summed E-state index contributed by atoms with van der Waals surface area (Å²) in [5, 5.41) is 11.8. The van der Waals surface area contributed by atoms with Crippen LogP contribution in [0, 0.1) is 12.8 Å². The van der Waals surface area contributed by atoms with Gasteiger partial charge in [0.25, 0.3) is 5.91 Å². The van der Waals surface area contributed by atoms with Crippen LogP contribution in [0.1, 0.15) is 35.7 Å². The van der Waals surface area contributed by atoms with Gasteiger partial charge >= 0.3 is 0 Å². The topological polar surface area (TPSA) is 49.3 Å². The molecule has 1 amide bonds. The van der Waals surface area contributed by atoms with Crippen molar-refractivity contribution in [1.82, 2.24) is 5.32 Å². The van der Waals surface area contributed by atoms with Crippen LogP contribution in [-0.2, 0) is 0 Å². The van der Waals surface area contributed by atoms with Crippen LogP contribution in [0.3, 0.4) is 0 Å². The molecule has 0 saturated heterocycles. The molecule has 0 saturated carbocycles. The first-order valence-electron chi connectivity index (χ1n) is 6.19. The van der Waals surface area contributed by atoms with Gasteiger partial charge in [0.1, 0.15) is 0 Å². The molecule has 1 aromatic carbocycles. The first-order chi connectivity index (χ1) is 8.54. The van der Waals surface area contributed by atoms with Gasteiger partial charge in [0, 0.05) is 23.2 Å². The zero-order chi connectivity index (χ0) is 13.5. The van der Waals surface area contributed by atoms with Crippen LogP contribution in [0.4, 0.5) is 0 Å². The lowest BCUT2D eigenvalue weighted by atomic mass is 10.1. The molecule has 0 radical (unpaired) electrons. The highest BCUT2D eigenvalue weighted by Gasteiger charge is 2.09. The number of carbonyl (C=O) groups is 1. The monoisotopic (exact) mass is 313 g/mol. The molecular formula is C14H20BrNO2. The molecule has 0 fully saturated rings. The van der Waals surface area contributed by atoms with Crippen LogP contribution < -0.4 is 5.32 Å². The molecule has 1 aromatic rings. The van der Waals surface area contributed by atoms with E-state index in [1.54, 1.807) is 0 Å². The predicted octanol–water partition coefficient (Wildman–Crippen LogP) is 2.90. The number of halogens is 1. The van der Waals surface area contributed by atoms with Crippen molar-refractivity contribution in [3.05, 3.63) is 33.8 Å². The quantitative estimate of drug-likeness (QED) is 0.793. The second-order valence-corrected chi connectivity index (χ2v) is 5.56. The molecule has 100 valence electrons. The van der Waals surface area contributed by atoms with Crippen LogP contribution in [0.2, 0.25) is 0 Å². The van der Waals surface area contributed by atoms with E-state index in [4.69, 9.17) is 5.11 Å². The van der Waals surface area contributed by atoms with E-state index in [0.29, 0.717) is 18.0 Å². The van der Waals surface area contributed by atoms with Crippen molar-refractivity contribution in [2.45, 2.75) is 26.7 Å². The van der Waals surface area contributed by atoms with Gasteiger partial charge in [-0.15, -0.1) is 0 Å². The highest BCUT2D eigenvalue weighted by atomic mass is 79.9. The lowest BCUT2D eigenvalue weighted by Gasteiger charge is -2.10. The molecule has 0 spiro atoms. The van der Waals surface area contributed by atoms with Gasteiger partial charge in [-0.25, -0.2) is 0 Å². The summed E-state index contributed by atoms with van der Waals surface area (Å²) in [5.74, 6) is 0.264. The number of rotatable bonds is 6. The fourth-order valence-electron chi connectivity index (χ4n) is 1.68. The third-order valence-corrected chi connectivity index (χ3v) is 3.41. The van der Waals surface area contributed by atoms with Crippen LogP contribution in [0.15, 0.2) is 22.7 Å². The SMILES string of the molecule is Cc1ccc(Br)cc1C(=O)NCCCC(C)CO. The molecule has 0 heterocycles. The number of benzene rings is 1. The van der Waals surface area contributed by atoms with Gasteiger partial charge in [-0.1, -0.05) is 28.9 Å². The van der Waals surface area contributed by atoms with Crippen LogP contribution in [0.5, 0.6) is 0 Å². The number of hydrogen-bond donors (Lipinski definition) is 2. The van der Waals surface area contributed by atoms with E-state index in [1.165, 1.54) is 0 Å². The van der Waals surface area contributed by atoms with Gasteiger partial charge in [-0.2, -0.15) is 0 Å². The van der Waals surface area contributed by atoms with Gasteiger partial charge < -0.3 is 10.4 Å². The van der Waals surface area contributed by atoms with Crippen molar-refractivity contribution in [2.75, 3.05) is 13.2 Å². The molecule has 0 bridgehead atoms. The Labute approximate surface area is 117 Å². The van der Waals surface area contributed by atoms with Crippen LogP contribution in [0.25, 0.3) is 0 Å². The standard InChI is InChI=1S/C14H20BrNO2/c1-10(9-17)4-3-7-16-14(18)13-8-12(15)6-5-11(13)2/h5-6,8,10,17H,3-4,7,9H2,1-2H3,(H,16,18). The minimum Gasteiger partial charge on any atom is -0.396 e. The molecule has 1 unspecified atom stereocenters. The van der Waals surface area contributed by atoms with E-state index in [-0.39, 0.29) is 12.5 Å². The molecule has 18 heavy (non-hydrogen) atoms. The number of hydrogen-bond acceptors (Lipinski definition) is 2. The molecule has 0 aliphatic heterocycles. The first kappa shape index (κ1) is 15.2. The van der Waals surface area contributed by atoms with E-state index < -0.39 is 0 Å². The number of carbonyl (C=O) groups excluding carboxylic acids is 1. The Morgan fingerprint density at radius 3 is 2.89 bits per heavy atom. The first-order valence-corrected chi connectivity index (χ1v) is 6.99. The van der Waals surface area contributed by atoms with Crippen LogP contribution >= 0.6 is 15.9 Å². The summed E-state index contributed by atoms with van der Waals surface area (Å²) in [6.45, 7) is 4.78. The number of aliphatic hydroxyl groups is 1. The Kier molecular flexibility index (Phi) is 6.36. The third-order valence-electron chi connectivity index (χ3n) is 2.92. The van der Waals surface area contributed by atoms with Crippen molar-refractivity contribution < 1.29 is 9.90 Å². The van der Waals surface area contributed by atoms with E-state index >= 15 is 0 Å². The maximum Gasteiger partial charge on any atom is 0.251 e. The Hall–Kier alpha value is -0.870. The predicted molar refractivity (Wildman–Crippen MR) is 76.7 cm³/mol. The van der Waals surface area contributed by atoms with Gasteiger partial charge in [0.2, 0.25) is 0 Å². The smallest absolute Gasteiger partial charge is 0.251 e. The molecule has 1 rings (SSSR count). The summed E-state index contributed by atoms with van der Waals surface area (Å²) >= 11 is 3.37. The van der Waals surface area contributed by atoms with Gasteiger partial charge in [-0.05, 0) is 43.4 Å². The van der Waals surface area contributed by atoms with Crippen molar-refractivity contribution in [3.8, 4) is 0 Å². The van der Waals surface area contributed by atoms with Crippen molar-refractivity contribution in [3.63, 3.8) is 0 Å². The minimum atomic E-state index is -0.0366. The number of amides is 1. The van der Waals surface area contributed by atoms with E-state index in [2.05, 4.69) is 21.2 Å². The summed E-state index contributed by atoms with van der Waals surface area (Å²) in [4.78, 5) is 12.0. The number of nitrogens with one attached hydrogen (secondary N) is 1.